The lowest BCUT2D eigenvalue weighted by atomic mass is 9.95. The highest BCUT2D eigenvalue weighted by molar-refractivity contribution is 6.24. The van der Waals surface area contributed by atoms with Crippen molar-refractivity contribution in [1.29, 1.82) is 0 Å². The van der Waals surface area contributed by atoms with Crippen molar-refractivity contribution in [1.82, 2.24) is 9.13 Å². The largest absolute Gasteiger partial charge is 0.507 e. The summed E-state index contributed by atoms with van der Waals surface area (Å²) in [5, 5.41) is 18.2. The standard InChI is InChI=1S/C54H34N2O2/c57-51-28-24-36(37-25-29-52-46(33-37)43-26-27-50-53(54(43)58-52)44-20-6-9-23-49(44)55(50)39-15-2-1-3-16-39)32-45(51)38-14-10-12-34(30-38)35-13-11-17-40(31-35)56-47-21-7-4-18-41(47)42-19-5-8-22-48(42)56/h1-33,57H. The van der Waals surface area contributed by atoms with Gasteiger partial charge in [0.25, 0.3) is 0 Å². The number of rotatable bonds is 5. The van der Waals surface area contributed by atoms with Crippen molar-refractivity contribution in [2.75, 3.05) is 0 Å². The van der Waals surface area contributed by atoms with E-state index in [2.05, 4.69) is 197 Å². The van der Waals surface area contributed by atoms with Gasteiger partial charge >= 0.3 is 0 Å². The molecule has 0 atom stereocenters. The van der Waals surface area contributed by atoms with Gasteiger partial charge < -0.3 is 18.7 Å². The summed E-state index contributed by atoms with van der Waals surface area (Å²) in [6, 6.07) is 70.1. The number of aromatic nitrogens is 2. The Morgan fingerprint density at radius 3 is 1.69 bits per heavy atom. The first-order valence-electron chi connectivity index (χ1n) is 19.6. The predicted molar refractivity (Wildman–Crippen MR) is 240 cm³/mol. The highest BCUT2D eigenvalue weighted by Crippen LogP contribution is 2.43. The van der Waals surface area contributed by atoms with Gasteiger partial charge in [0.05, 0.1) is 27.5 Å². The zero-order valence-electron chi connectivity index (χ0n) is 31.3. The summed E-state index contributed by atoms with van der Waals surface area (Å²) >= 11 is 0. The van der Waals surface area contributed by atoms with E-state index in [0.717, 1.165) is 88.5 Å². The second-order valence-corrected chi connectivity index (χ2v) is 15.1. The normalized spacial score (nSPS) is 11.9. The van der Waals surface area contributed by atoms with E-state index < -0.39 is 0 Å². The van der Waals surface area contributed by atoms with Crippen LogP contribution in [0.15, 0.2) is 205 Å². The number of furan rings is 1. The van der Waals surface area contributed by atoms with Crippen molar-refractivity contribution < 1.29 is 9.52 Å². The number of fused-ring (bicyclic) bond motifs is 10. The van der Waals surface area contributed by atoms with Crippen LogP contribution in [0.4, 0.5) is 0 Å². The molecule has 272 valence electrons. The van der Waals surface area contributed by atoms with Gasteiger partial charge in [-0.05, 0) is 113 Å². The molecule has 3 heterocycles. The summed E-state index contributed by atoms with van der Waals surface area (Å²) < 4.78 is 11.4. The number of hydrogen-bond donors (Lipinski definition) is 1. The number of aromatic hydroxyl groups is 1. The summed E-state index contributed by atoms with van der Waals surface area (Å²) in [4.78, 5) is 0. The van der Waals surface area contributed by atoms with E-state index in [-0.39, 0.29) is 5.75 Å². The predicted octanol–water partition coefficient (Wildman–Crippen LogP) is 14.5. The minimum Gasteiger partial charge on any atom is -0.507 e. The molecule has 0 fully saturated rings. The Balaban J connectivity index is 0.942. The fraction of sp³-hybridized carbons (Fsp3) is 0. The minimum atomic E-state index is 0.243. The quantitative estimate of drug-likeness (QED) is 0.191. The fourth-order valence-corrected chi connectivity index (χ4v) is 9.16. The third-order valence-corrected chi connectivity index (χ3v) is 11.8. The lowest BCUT2D eigenvalue weighted by Crippen LogP contribution is -1.94. The molecule has 12 aromatic rings. The number of phenols is 1. The molecule has 0 radical (unpaired) electrons. The van der Waals surface area contributed by atoms with Crippen LogP contribution < -0.4 is 0 Å². The van der Waals surface area contributed by atoms with Gasteiger partial charge in [0, 0.05) is 43.9 Å². The molecule has 0 saturated carbocycles. The Morgan fingerprint density at radius 1 is 0.345 bits per heavy atom. The minimum absolute atomic E-state index is 0.243. The van der Waals surface area contributed by atoms with Crippen LogP contribution in [0.1, 0.15) is 0 Å². The molecule has 12 rings (SSSR count). The van der Waals surface area contributed by atoms with Gasteiger partial charge in [-0.1, -0.05) is 115 Å². The van der Waals surface area contributed by atoms with E-state index in [1.165, 1.54) is 21.8 Å². The Hall–Kier alpha value is -7.82. The molecule has 0 spiro atoms. The molecule has 0 aliphatic carbocycles. The van der Waals surface area contributed by atoms with Gasteiger partial charge in [-0.15, -0.1) is 0 Å². The lowest BCUT2D eigenvalue weighted by Gasteiger charge is -2.12. The van der Waals surface area contributed by atoms with Crippen LogP contribution in [0.3, 0.4) is 0 Å². The fourth-order valence-electron chi connectivity index (χ4n) is 9.16. The average molecular weight is 743 g/mol. The first-order valence-corrected chi connectivity index (χ1v) is 19.6. The van der Waals surface area contributed by atoms with Gasteiger partial charge in [0.2, 0.25) is 0 Å². The highest BCUT2D eigenvalue weighted by Gasteiger charge is 2.19. The van der Waals surface area contributed by atoms with Crippen LogP contribution in [0.2, 0.25) is 0 Å². The van der Waals surface area contributed by atoms with Crippen LogP contribution >= 0.6 is 0 Å². The third-order valence-electron chi connectivity index (χ3n) is 11.8. The van der Waals surface area contributed by atoms with Crippen LogP contribution in [0, 0.1) is 0 Å². The van der Waals surface area contributed by atoms with Crippen LogP contribution in [-0.4, -0.2) is 14.2 Å². The molecule has 3 aromatic heterocycles. The van der Waals surface area contributed by atoms with Gasteiger partial charge in [-0.2, -0.15) is 0 Å². The van der Waals surface area contributed by atoms with Crippen LogP contribution in [-0.2, 0) is 0 Å². The smallest absolute Gasteiger partial charge is 0.145 e. The maximum atomic E-state index is 11.3. The number of hydrogen-bond acceptors (Lipinski definition) is 2. The maximum absolute atomic E-state index is 11.3. The molecule has 9 aromatic carbocycles. The topological polar surface area (TPSA) is 43.2 Å². The van der Waals surface area contributed by atoms with Crippen LogP contribution in [0.5, 0.6) is 5.75 Å². The number of phenolic OH excluding ortho intramolecular Hbond substituents is 1. The van der Waals surface area contributed by atoms with Gasteiger partial charge in [0.1, 0.15) is 16.9 Å². The van der Waals surface area contributed by atoms with Crippen molar-refractivity contribution in [3.8, 4) is 50.5 Å². The van der Waals surface area contributed by atoms with Crippen molar-refractivity contribution in [2.45, 2.75) is 0 Å². The second-order valence-electron chi connectivity index (χ2n) is 15.1. The highest BCUT2D eigenvalue weighted by atomic mass is 16.3. The molecule has 0 amide bonds. The zero-order valence-corrected chi connectivity index (χ0v) is 31.3. The molecule has 1 N–H and O–H groups in total. The number of benzene rings is 9. The third kappa shape index (κ3) is 4.88. The molecule has 4 heteroatoms. The van der Waals surface area contributed by atoms with Crippen molar-refractivity contribution in [2.24, 2.45) is 0 Å². The van der Waals surface area contributed by atoms with E-state index >= 15 is 0 Å². The summed E-state index contributed by atoms with van der Waals surface area (Å²) in [6.07, 6.45) is 0. The van der Waals surface area contributed by atoms with E-state index in [1.807, 2.05) is 6.07 Å². The van der Waals surface area contributed by atoms with Crippen LogP contribution in [0.25, 0.3) is 110 Å². The molecule has 58 heavy (non-hydrogen) atoms. The Morgan fingerprint density at radius 2 is 0.914 bits per heavy atom. The van der Waals surface area contributed by atoms with Gasteiger partial charge in [-0.25, -0.2) is 0 Å². The summed E-state index contributed by atoms with van der Waals surface area (Å²) in [5.74, 6) is 0.243. The molecule has 0 unspecified atom stereocenters. The van der Waals surface area contributed by atoms with E-state index in [9.17, 15) is 5.11 Å². The Kier molecular flexibility index (Phi) is 7.05. The zero-order chi connectivity index (χ0) is 38.3. The Bertz CT molecular complexity index is 3530. The van der Waals surface area contributed by atoms with Gasteiger partial charge in [-0.3, -0.25) is 0 Å². The summed E-state index contributed by atoms with van der Waals surface area (Å²) in [6.45, 7) is 0. The number of para-hydroxylation sites is 4. The molecule has 0 aliphatic rings. The monoisotopic (exact) mass is 742 g/mol. The van der Waals surface area contributed by atoms with Crippen molar-refractivity contribution >= 4 is 65.6 Å². The molecule has 0 bridgehead atoms. The Labute approximate surface area is 333 Å². The first-order chi connectivity index (χ1) is 28.7. The molecular formula is C54H34N2O2. The second kappa shape index (κ2) is 12.6. The van der Waals surface area contributed by atoms with Crippen molar-refractivity contribution in [3.63, 3.8) is 0 Å². The average Bonchev–Trinajstić information content (AvgIpc) is 3.94. The molecular weight excluding hydrogens is 709 g/mol. The van der Waals surface area contributed by atoms with E-state index in [1.54, 1.807) is 6.07 Å². The summed E-state index contributed by atoms with van der Waals surface area (Å²) in [5.41, 5.74) is 14.6. The lowest BCUT2D eigenvalue weighted by molar-refractivity contribution is 0.477. The summed E-state index contributed by atoms with van der Waals surface area (Å²) in [7, 11) is 0. The first kappa shape index (κ1) is 32.4. The van der Waals surface area contributed by atoms with Crippen molar-refractivity contribution in [3.05, 3.63) is 200 Å². The van der Waals surface area contributed by atoms with Gasteiger partial charge in [0.15, 0.2) is 0 Å². The SMILES string of the molecule is Oc1ccc(-c2ccc3oc4c(ccc5c4c4ccccc4n5-c4ccccc4)c3c2)cc1-c1cccc(-c2cccc(-n3c4ccccc4c4ccccc43)c2)c1. The van der Waals surface area contributed by atoms with E-state index in [4.69, 9.17) is 4.42 Å². The molecule has 0 saturated heterocycles. The molecule has 0 aliphatic heterocycles. The van der Waals surface area contributed by atoms with E-state index in [0.29, 0.717) is 0 Å². The number of nitrogens with zero attached hydrogens (tertiary/aromatic N) is 2. The molecule has 4 nitrogen and oxygen atoms in total. The maximum Gasteiger partial charge on any atom is 0.145 e.